The molecule has 2 nitrogen and oxygen atoms in total. The third-order valence-corrected chi connectivity index (χ3v) is 5.45. The van der Waals surface area contributed by atoms with Crippen LogP contribution in [-0.2, 0) is 0 Å². The molecule has 1 saturated heterocycles. The third kappa shape index (κ3) is 4.46. The van der Waals surface area contributed by atoms with Gasteiger partial charge in [-0.15, -0.1) is 0 Å². The maximum atomic E-state index is 3.95. The van der Waals surface area contributed by atoms with Gasteiger partial charge in [0.05, 0.1) is 0 Å². The summed E-state index contributed by atoms with van der Waals surface area (Å²) in [5.74, 6) is 1.87. The van der Waals surface area contributed by atoms with Crippen molar-refractivity contribution in [2.24, 2.45) is 11.8 Å². The van der Waals surface area contributed by atoms with Crippen molar-refractivity contribution in [3.63, 3.8) is 0 Å². The van der Waals surface area contributed by atoms with Gasteiger partial charge in [0, 0.05) is 18.1 Å². The van der Waals surface area contributed by atoms with E-state index in [9.17, 15) is 0 Å². The van der Waals surface area contributed by atoms with Gasteiger partial charge in [0.2, 0.25) is 0 Å². The maximum absolute atomic E-state index is 3.95. The van der Waals surface area contributed by atoms with Crippen LogP contribution in [0.3, 0.4) is 0 Å². The zero-order valence-electron chi connectivity index (χ0n) is 13.5. The molecule has 2 heteroatoms. The average Bonchev–Trinajstić information content (AvgIpc) is 2.40. The van der Waals surface area contributed by atoms with Crippen molar-refractivity contribution in [3.05, 3.63) is 0 Å². The van der Waals surface area contributed by atoms with Crippen molar-refractivity contribution < 1.29 is 0 Å². The lowest BCUT2D eigenvalue weighted by Gasteiger charge is -2.38. The topological polar surface area (TPSA) is 15.3 Å². The predicted molar refractivity (Wildman–Crippen MR) is 83.5 cm³/mol. The molecule has 1 aliphatic heterocycles. The Bertz CT molecular complexity index is 220. The summed E-state index contributed by atoms with van der Waals surface area (Å²) >= 11 is 0. The first-order valence-electron chi connectivity index (χ1n) is 8.56. The van der Waals surface area contributed by atoms with Crippen molar-refractivity contribution in [3.8, 4) is 0 Å². The number of likely N-dealkylation sites (tertiary alicyclic amines) is 1. The Labute approximate surface area is 120 Å². The van der Waals surface area contributed by atoms with Gasteiger partial charge in [-0.05, 0) is 77.3 Å². The SMILES string of the molecule is CC(C)C1CCC(NC2CCN(C(C)C)CC2)CC1. The fourth-order valence-corrected chi connectivity index (χ4v) is 3.87. The summed E-state index contributed by atoms with van der Waals surface area (Å²) < 4.78 is 0. The van der Waals surface area contributed by atoms with Crippen LogP contribution in [0.15, 0.2) is 0 Å². The molecule has 1 N–H and O–H groups in total. The molecule has 1 heterocycles. The van der Waals surface area contributed by atoms with Crippen LogP contribution in [0.5, 0.6) is 0 Å². The first kappa shape index (κ1) is 15.3. The highest BCUT2D eigenvalue weighted by molar-refractivity contribution is 4.85. The van der Waals surface area contributed by atoms with Gasteiger partial charge in [-0.3, -0.25) is 0 Å². The summed E-state index contributed by atoms with van der Waals surface area (Å²) in [4.78, 5) is 2.62. The van der Waals surface area contributed by atoms with Gasteiger partial charge >= 0.3 is 0 Å². The Balaban J connectivity index is 1.67. The molecule has 2 fully saturated rings. The van der Waals surface area contributed by atoms with Crippen LogP contribution in [0.1, 0.15) is 66.2 Å². The fraction of sp³-hybridized carbons (Fsp3) is 1.00. The largest absolute Gasteiger partial charge is 0.311 e. The third-order valence-electron chi connectivity index (χ3n) is 5.45. The van der Waals surface area contributed by atoms with Gasteiger partial charge in [0.1, 0.15) is 0 Å². The zero-order chi connectivity index (χ0) is 13.8. The van der Waals surface area contributed by atoms with Crippen LogP contribution in [-0.4, -0.2) is 36.1 Å². The highest BCUT2D eigenvalue weighted by Gasteiger charge is 2.26. The molecule has 0 radical (unpaired) electrons. The van der Waals surface area contributed by atoms with E-state index in [1.54, 1.807) is 0 Å². The Kier molecular flexibility index (Phi) is 5.70. The van der Waals surface area contributed by atoms with Crippen LogP contribution < -0.4 is 5.32 Å². The normalized spacial score (nSPS) is 31.3. The quantitative estimate of drug-likeness (QED) is 0.835. The van der Waals surface area contributed by atoms with E-state index in [0.29, 0.717) is 0 Å². The Morgan fingerprint density at radius 2 is 1.32 bits per heavy atom. The molecular weight excluding hydrogens is 232 g/mol. The number of rotatable bonds is 4. The Morgan fingerprint density at radius 1 is 0.789 bits per heavy atom. The zero-order valence-corrected chi connectivity index (χ0v) is 13.5. The summed E-state index contributed by atoms with van der Waals surface area (Å²) in [5, 5.41) is 3.95. The van der Waals surface area contributed by atoms with Gasteiger partial charge in [-0.25, -0.2) is 0 Å². The highest BCUT2D eigenvalue weighted by atomic mass is 15.2. The van der Waals surface area contributed by atoms with E-state index in [1.807, 2.05) is 0 Å². The first-order chi connectivity index (χ1) is 9.06. The molecule has 1 saturated carbocycles. The van der Waals surface area contributed by atoms with Crippen molar-refractivity contribution in [1.29, 1.82) is 0 Å². The minimum atomic E-state index is 0.724. The summed E-state index contributed by atoms with van der Waals surface area (Å²) in [6.07, 6.45) is 8.41. The second-order valence-corrected chi connectivity index (χ2v) is 7.43. The minimum absolute atomic E-state index is 0.724. The number of nitrogens with zero attached hydrogens (tertiary/aromatic N) is 1. The van der Waals surface area contributed by atoms with Crippen LogP contribution in [0.4, 0.5) is 0 Å². The van der Waals surface area contributed by atoms with Crippen molar-refractivity contribution in [1.82, 2.24) is 10.2 Å². The van der Waals surface area contributed by atoms with E-state index in [4.69, 9.17) is 0 Å². The molecule has 0 aromatic carbocycles. The molecular formula is C17H34N2. The van der Waals surface area contributed by atoms with Crippen molar-refractivity contribution in [2.45, 2.75) is 84.3 Å². The van der Waals surface area contributed by atoms with E-state index in [-0.39, 0.29) is 0 Å². The van der Waals surface area contributed by atoms with Gasteiger partial charge in [-0.2, -0.15) is 0 Å². The molecule has 1 aliphatic carbocycles. The second kappa shape index (κ2) is 7.08. The van der Waals surface area contributed by atoms with Gasteiger partial charge in [0.25, 0.3) is 0 Å². The van der Waals surface area contributed by atoms with Crippen LogP contribution >= 0.6 is 0 Å². The summed E-state index contributed by atoms with van der Waals surface area (Å²) in [6.45, 7) is 12.0. The monoisotopic (exact) mass is 266 g/mol. The molecule has 0 aromatic rings. The van der Waals surface area contributed by atoms with E-state index >= 15 is 0 Å². The maximum Gasteiger partial charge on any atom is 0.00940 e. The lowest BCUT2D eigenvalue weighted by molar-refractivity contribution is 0.146. The van der Waals surface area contributed by atoms with Crippen LogP contribution in [0.25, 0.3) is 0 Å². The molecule has 0 unspecified atom stereocenters. The molecule has 0 spiro atoms. The van der Waals surface area contributed by atoms with E-state index < -0.39 is 0 Å². The average molecular weight is 266 g/mol. The summed E-state index contributed by atoms with van der Waals surface area (Å²) in [7, 11) is 0. The van der Waals surface area contributed by atoms with Crippen LogP contribution in [0, 0.1) is 11.8 Å². The number of nitrogens with one attached hydrogen (secondary N) is 1. The van der Waals surface area contributed by atoms with Crippen molar-refractivity contribution in [2.75, 3.05) is 13.1 Å². The Hall–Kier alpha value is -0.0800. The minimum Gasteiger partial charge on any atom is -0.311 e. The summed E-state index contributed by atoms with van der Waals surface area (Å²) in [5.41, 5.74) is 0. The second-order valence-electron chi connectivity index (χ2n) is 7.43. The first-order valence-corrected chi connectivity index (χ1v) is 8.56. The smallest absolute Gasteiger partial charge is 0.00940 e. The molecule has 0 amide bonds. The molecule has 2 aliphatic rings. The predicted octanol–water partition coefficient (Wildman–Crippen LogP) is 3.66. The van der Waals surface area contributed by atoms with Gasteiger partial charge in [-0.1, -0.05) is 13.8 Å². The molecule has 0 bridgehead atoms. The standard InChI is InChI=1S/C17H34N2/c1-13(2)15-5-7-16(8-6-15)18-17-9-11-19(12-10-17)14(3)4/h13-18H,5-12H2,1-4H3. The Morgan fingerprint density at radius 3 is 1.79 bits per heavy atom. The number of piperidine rings is 1. The molecule has 112 valence electrons. The lowest BCUT2D eigenvalue weighted by atomic mass is 9.79. The van der Waals surface area contributed by atoms with Crippen LogP contribution in [0.2, 0.25) is 0 Å². The van der Waals surface area contributed by atoms with E-state index in [0.717, 1.165) is 30.0 Å². The number of hydrogen-bond donors (Lipinski definition) is 1. The van der Waals surface area contributed by atoms with Crippen molar-refractivity contribution >= 4 is 0 Å². The highest BCUT2D eigenvalue weighted by Crippen LogP contribution is 2.30. The van der Waals surface area contributed by atoms with Gasteiger partial charge < -0.3 is 10.2 Å². The molecule has 2 rings (SSSR count). The molecule has 19 heavy (non-hydrogen) atoms. The molecule has 0 atom stereocenters. The summed E-state index contributed by atoms with van der Waals surface area (Å²) in [6, 6.07) is 2.32. The lowest BCUT2D eigenvalue weighted by Crippen LogP contribution is -2.48. The fourth-order valence-electron chi connectivity index (χ4n) is 3.87. The molecule has 0 aromatic heterocycles. The number of hydrogen-bond acceptors (Lipinski definition) is 2. The van der Waals surface area contributed by atoms with E-state index in [1.165, 1.54) is 51.6 Å². The van der Waals surface area contributed by atoms with Gasteiger partial charge in [0.15, 0.2) is 0 Å². The van der Waals surface area contributed by atoms with E-state index in [2.05, 4.69) is 37.9 Å².